The molecule has 0 aliphatic heterocycles. The van der Waals surface area contributed by atoms with Crippen molar-refractivity contribution in [2.24, 2.45) is 0 Å². The molecule has 0 unspecified atom stereocenters. The summed E-state index contributed by atoms with van der Waals surface area (Å²) in [5.41, 5.74) is 0.428. The lowest BCUT2D eigenvalue weighted by atomic mass is 10.2. The zero-order valence-electron chi connectivity index (χ0n) is 13.7. The van der Waals surface area contributed by atoms with Gasteiger partial charge in [-0.25, -0.2) is 0 Å². The number of hydrogen-bond donors (Lipinski definition) is 1. The van der Waals surface area contributed by atoms with Crippen LogP contribution < -0.4 is 14.8 Å². The number of benzene rings is 1. The van der Waals surface area contributed by atoms with E-state index in [1.807, 2.05) is 22.6 Å². The molecule has 1 aromatic carbocycles. The number of alkyl halides is 3. The van der Waals surface area contributed by atoms with Crippen LogP contribution in [0.2, 0.25) is 0 Å². The zero-order chi connectivity index (χ0) is 18.3. The van der Waals surface area contributed by atoms with E-state index in [2.05, 4.69) is 5.32 Å². The van der Waals surface area contributed by atoms with Crippen molar-refractivity contribution in [1.29, 1.82) is 0 Å². The average Bonchev–Trinajstić information content (AvgIpc) is 2.49. The minimum atomic E-state index is -4.21. The molecule has 0 aliphatic rings. The van der Waals surface area contributed by atoms with Gasteiger partial charge in [0.15, 0.2) is 11.5 Å². The Morgan fingerprint density at radius 1 is 1.25 bits per heavy atom. The fraction of sp³-hybridized carbons (Fsp3) is 0.533. The van der Waals surface area contributed by atoms with Crippen LogP contribution in [-0.2, 0) is 0 Å². The van der Waals surface area contributed by atoms with E-state index in [9.17, 15) is 18.0 Å². The Bertz CT molecular complexity index is 568. The van der Waals surface area contributed by atoms with E-state index >= 15 is 0 Å². The van der Waals surface area contributed by atoms with Gasteiger partial charge in [0.25, 0.3) is 5.91 Å². The Labute approximate surface area is 152 Å². The summed E-state index contributed by atoms with van der Waals surface area (Å²) in [5, 5.41) is 2.70. The molecule has 5 nitrogen and oxygen atoms in total. The molecule has 0 fully saturated rings. The maximum Gasteiger partial charge on any atom is 0.401 e. The summed E-state index contributed by atoms with van der Waals surface area (Å²) in [6.07, 6.45) is -3.80. The summed E-state index contributed by atoms with van der Waals surface area (Å²) < 4.78 is 47.6. The molecule has 9 heteroatoms. The molecule has 0 heterocycles. The molecule has 0 atom stereocenters. The van der Waals surface area contributed by atoms with Crippen LogP contribution in [0.25, 0.3) is 0 Å². The van der Waals surface area contributed by atoms with Gasteiger partial charge in [0.1, 0.15) is 0 Å². The number of nitrogens with one attached hydrogen (secondary N) is 1. The fourth-order valence-electron chi connectivity index (χ4n) is 2.06. The molecule has 0 aliphatic carbocycles. The van der Waals surface area contributed by atoms with Crippen LogP contribution in [0.5, 0.6) is 11.5 Å². The second-order valence-corrected chi connectivity index (χ2v) is 6.31. The number of carbonyl (C=O) groups is 1. The van der Waals surface area contributed by atoms with Crippen LogP contribution in [0.4, 0.5) is 13.2 Å². The lowest BCUT2D eigenvalue weighted by Gasteiger charge is -2.18. The Hall–Kier alpha value is -1.23. The van der Waals surface area contributed by atoms with Crippen molar-refractivity contribution in [2.45, 2.75) is 12.6 Å². The molecule has 1 N–H and O–H groups in total. The maximum absolute atomic E-state index is 12.2. The molecule has 0 spiro atoms. The molecule has 1 amide bonds. The number of amides is 1. The number of carbonyl (C=O) groups excluding carboxylic acids is 1. The first-order valence-electron chi connectivity index (χ1n) is 7.13. The van der Waals surface area contributed by atoms with Gasteiger partial charge in [0.05, 0.1) is 26.3 Å². The van der Waals surface area contributed by atoms with Gasteiger partial charge in [-0.3, -0.25) is 9.69 Å². The van der Waals surface area contributed by atoms with Gasteiger partial charge in [-0.1, -0.05) is 0 Å². The van der Waals surface area contributed by atoms with E-state index in [-0.39, 0.29) is 19.0 Å². The molecular formula is C15H20F3IN2O3. The van der Waals surface area contributed by atoms with E-state index in [4.69, 9.17) is 9.47 Å². The molecule has 24 heavy (non-hydrogen) atoms. The van der Waals surface area contributed by atoms with Gasteiger partial charge in [-0.15, -0.1) is 0 Å². The third-order valence-corrected chi connectivity index (χ3v) is 4.06. The topological polar surface area (TPSA) is 50.8 Å². The molecule has 0 saturated heterocycles. The van der Waals surface area contributed by atoms with E-state index in [0.29, 0.717) is 27.1 Å². The Balaban J connectivity index is 2.54. The maximum atomic E-state index is 12.2. The molecule has 0 bridgehead atoms. The van der Waals surface area contributed by atoms with Gasteiger partial charge in [0, 0.05) is 10.1 Å². The number of methoxy groups -OCH3 is 2. The van der Waals surface area contributed by atoms with Crippen molar-refractivity contribution in [3.63, 3.8) is 0 Å². The van der Waals surface area contributed by atoms with Gasteiger partial charge < -0.3 is 14.8 Å². The van der Waals surface area contributed by atoms with Crippen LogP contribution in [0.15, 0.2) is 12.1 Å². The first-order valence-corrected chi connectivity index (χ1v) is 8.21. The normalized spacial score (nSPS) is 11.5. The van der Waals surface area contributed by atoms with Crippen LogP contribution in [0.1, 0.15) is 16.8 Å². The van der Waals surface area contributed by atoms with Gasteiger partial charge in [0.2, 0.25) is 0 Å². The van der Waals surface area contributed by atoms with E-state index in [1.54, 1.807) is 12.1 Å². The second-order valence-electron chi connectivity index (χ2n) is 5.15. The smallest absolute Gasteiger partial charge is 0.401 e. The summed E-state index contributed by atoms with van der Waals surface area (Å²) in [5.74, 6) is 0.652. The highest BCUT2D eigenvalue weighted by Gasteiger charge is 2.28. The van der Waals surface area contributed by atoms with Crippen molar-refractivity contribution in [3.05, 3.63) is 21.3 Å². The molecule has 0 saturated carbocycles. The monoisotopic (exact) mass is 460 g/mol. The predicted molar refractivity (Wildman–Crippen MR) is 92.8 cm³/mol. The first-order chi connectivity index (χ1) is 11.2. The quantitative estimate of drug-likeness (QED) is 0.479. The van der Waals surface area contributed by atoms with Crippen molar-refractivity contribution in [2.75, 3.05) is 40.9 Å². The summed E-state index contributed by atoms with van der Waals surface area (Å²) in [6, 6.07) is 3.26. The zero-order valence-corrected chi connectivity index (χ0v) is 15.8. The molecule has 1 aromatic rings. The Kier molecular flexibility index (Phi) is 8.07. The van der Waals surface area contributed by atoms with Crippen LogP contribution >= 0.6 is 22.6 Å². The lowest BCUT2D eigenvalue weighted by molar-refractivity contribution is -0.143. The second kappa shape index (κ2) is 9.30. The highest BCUT2D eigenvalue weighted by Crippen LogP contribution is 2.31. The Morgan fingerprint density at radius 2 is 1.83 bits per heavy atom. The molecule has 1 rings (SSSR count). The molecule has 0 radical (unpaired) electrons. The number of hydrogen-bond acceptors (Lipinski definition) is 4. The largest absolute Gasteiger partial charge is 0.493 e. The minimum Gasteiger partial charge on any atom is -0.493 e. The van der Waals surface area contributed by atoms with E-state index < -0.39 is 12.7 Å². The van der Waals surface area contributed by atoms with Crippen molar-refractivity contribution < 1.29 is 27.4 Å². The van der Waals surface area contributed by atoms with E-state index in [1.165, 1.54) is 26.2 Å². The molecular weight excluding hydrogens is 440 g/mol. The van der Waals surface area contributed by atoms with Gasteiger partial charge in [-0.2, -0.15) is 13.2 Å². The summed E-state index contributed by atoms with van der Waals surface area (Å²) >= 11 is 2.01. The van der Waals surface area contributed by atoms with Crippen molar-refractivity contribution in [1.82, 2.24) is 10.2 Å². The molecule has 0 aromatic heterocycles. The molecule has 136 valence electrons. The number of nitrogens with zero attached hydrogens (tertiary/aromatic N) is 1. The van der Waals surface area contributed by atoms with Crippen LogP contribution in [0.3, 0.4) is 0 Å². The van der Waals surface area contributed by atoms with Gasteiger partial charge in [-0.05, 0) is 54.7 Å². The van der Waals surface area contributed by atoms with Crippen molar-refractivity contribution >= 4 is 28.5 Å². The average molecular weight is 460 g/mol. The summed E-state index contributed by atoms with van der Waals surface area (Å²) in [4.78, 5) is 13.4. The highest BCUT2D eigenvalue weighted by atomic mass is 127. The minimum absolute atomic E-state index is 0.239. The first kappa shape index (κ1) is 20.8. The van der Waals surface area contributed by atoms with Gasteiger partial charge >= 0.3 is 6.18 Å². The predicted octanol–water partition coefficient (Wildman–Crippen LogP) is 2.92. The van der Waals surface area contributed by atoms with Crippen LogP contribution in [0, 0.1) is 3.57 Å². The third kappa shape index (κ3) is 6.71. The number of halogens is 4. The summed E-state index contributed by atoms with van der Waals surface area (Å²) in [7, 11) is 4.38. The third-order valence-electron chi connectivity index (χ3n) is 3.17. The highest BCUT2D eigenvalue weighted by molar-refractivity contribution is 14.1. The number of ether oxygens (including phenoxy) is 2. The number of rotatable bonds is 8. The standard InChI is InChI=1S/C15H20F3IN2O3/c1-21(9-15(16,17)18)6-4-5-20-14(22)10-7-12(23-2)13(24-3)8-11(10)19/h7-8H,4-6,9H2,1-3H3,(H,20,22). The summed E-state index contributed by atoms with van der Waals surface area (Å²) in [6.45, 7) is -0.442. The van der Waals surface area contributed by atoms with Crippen LogP contribution in [-0.4, -0.2) is 57.9 Å². The Morgan fingerprint density at radius 3 is 2.38 bits per heavy atom. The SMILES string of the molecule is COc1cc(I)c(C(=O)NCCCN(C)CC(F)(F)F)cc1OC. The lowest BCUT2D eigenvalue weighted by Crippen LogP contribution is -2.34. The van der Waals surface area contributed by atoms with E-state index in [0.717, 1.165) is 0 Å². The fourth-order valence-corrected chi connectivity index (χ4v) is 2.74. The van der Waals surface area contributed by atoms with Crippen molar-refractivity contribution in [3.8, 4) is 11.5 Å².